The molecule has 104 valence electrons. The first-order chi connectivity index (χ1) is 9.72. The van der Waals surface area contributed by atoms with Gasteiger partial charge in [0.1, 0.15) is 0 Å². The fourth-order valence-corrected chi connectivity index (χ4v) is 2.56. The Morgan fingerprint density at radius 2 is 1.80 bits per heavy atom. The van der Waals surface area contributed by atoms with Crippen LogP contribution in [0.1, 0.15) is 22.0 Å². The molecule has 0 radical (unpaired) electrons. The maximum atomic E-state index is 12.1. The lowest BCUT2D eigenvalue weighted by Gasteiger charge is -2.16. The molecule has 2 aromatic rings. The quantitative estimate of drug-likeness (QED) is 0.807. The van der Waals surface area contributed by atoms with E-state index in [2.05, 4.69) is 27.9 Å². The van der Waals surface area contributed by atoms with Crippen LogP contribution in [0.25, 0.3) is 0 Å². The highest BCUT2D eigenvalue weighted by molar-refractivity contribution is 14.1. The normalized spacial score (nSPS) is 11.9. The topological polar surface area (TPSA) is 38.3 Å². The Morgan fingerprint density at radius 3 is 2.45 bits per heavy atom. The van der Waals surface area contributed by atoms with E-state index in [-0.39, 0.29) is 12.0 Å². The standard InChI is InChI=1S/C16H16INO2/c1-20-15(12-7-3-2-4-8-12)11-18-16(19)13-9-5-6-10-14(13)17/h2-10,15H,11H2,1H3,(H,18,19). The summed E-state index contributed by atoms with van der Waals surface area (Å²) in [4.78, 5) is 12.1. The average Bonchev–Trinajstić information content (AvgIpc) is 2.49. The molecule has 0 aromatic heterocycles. The van der Waals surface area contributed by atoms with Gasteiger partial charge in [-0.2, -0.15) is 0 Å². The fraction of sp³-hybridized carbons (Fsp3) is 0.188. The molecule has 2 aromatic carbocycles. The largest absolute Gasteiger partial charge is 0.375 e. The second-order valence-corrected chi connectivity index (χ2v) is 5.49. The molecule has 0 saturated heterocycles. The highest BCUT2D eigenvalue weighted by Crippen LogP contribution is 2.16. The molecule has 0 saturated carbocycles. The summed E-state index contributed by atoms with van der Waals surface area (Å²) in [5, 5.41) is 2.92. The molecule has 0 aliphatic rings. The third kappa shape index (κ3) is 3.80. The molecule has 1 N–H and O–H groups in total. The van der Waals surface area contributed by atoms with E-state index in [0.29, 0.717) is 12.1 Å². The van der Waals surface area contributed by atoms with Gasteiger partial charge in [0.25, 0.3) is 5.91 Å². The van der Waals surface area contributed by atoms with Gasteiger partial charge in [-0.25, -0.2) is 0 Å². The zero-order chi connectivity index (χ0) is 14.4. The zero-order valence-electron chi connectivity index (χ0n) is 11.2. The SMILES string of the molecule is COC(CNC(=O)c1ccccc1I)c1ccccc1. The highest BCUT2D eigenvalue weighted by atomic mass is 127. The number of hydrogen-bond donors (Lipinski definition) is 1. The summed E-state index contributed by atoms with van der Waals surface area (Å²) >= 11 is 2.16. The summed E-state index contributed by atoms with van der Waals surface area (Å²) in [6, 6.07) is 17.4. The third-order valence-electron chi connectivity index (χ3n) is 3.02. The van der Waals surface area contributed by atoms with Gasteiger partial charge in [-0.15, -0.1) is 0 Å². The first-order valence-electron chi connectivity index (χ1n) is 6.33. The van der Waals surface area contributed by atoms with Crippen molar-refractivity contribution in [2.45, 2.75) is 6.10 Å². The number of carbonyl (C=O) groups excluding carboxylic acids is 1. The average molecular weight is 381 g/mol. The zero-order valence-corrected chi connectivity index (χ0v) is 13.3. The van der Waals surface area contributed by atoms with Crippen molar-refractivity contribution in [3.05, 3.63) is 69.3 Å². The van der Waals surface area contributed by atoms with Gasteiger partial charge in [0, 0.05) is 17.2 Å². The van der Waals surface area contributed by atoms with Gasteiger partial charge in [-0.1, -0.05) is 42.5 Å². The maximum Gasteiger partial charge on any atom is 0.252 e. The molecular weight excluding hydrogens is 365 g/mol. The van der Waals surface area contributed by atoms with Crippen LogP contribution in [0, 0.1) is 3.57 Å². The minimum absolute atomic E-state index is 0.0759. The van der Waals surface area contributed by atoms with Gasteiger partial charge in [-0.3, -0.25) is 4.79 Å². The predicted octanol–water partition coefficient (Wildman–Crippen LogP) is 3.41. The summed E-state index contributed by atoms with van der Waals surface area (Å²) in [6.45, 7) is 0.449. The van der Waals surface area contributed by atoms with Crippen LogP contribution in [0.3, 0.4) is 0 Å². The van der Waals surface area contributed by atoms with Crippen LogP contribution < -0.4 is 5.32 Å². The van der Waals surface area contributed by atoms with Crippen molar-refractivity contribution in [1.82, 2.24) is 5.32 Å². The van der Waals surface area contributed by atoms with Crippen LogP contribution in [0.2, 0.25) is 0 Å². The molecule has 20 heavy (non-hydrogen) atoms. The molecule has 1 unspecified atom stereocenters. The number of hydrogen-bond acceptors (Lipinski definition) is 2. The van der Waals surface area contributed by atoms with Gasteiger partial charge in [0.05, 0.1) is 11.7 Å². The number of halogens is 1. The first kappa shape index (κ1) is 15.0. The molecule has 0 fully saturated rings. The number of nitrogens with one attached hydrogen (secondary N) is 1. The molecule has 0 aliphatic carbocycles. The van der Waals surface area contributed by atoms with E-state index >= 15 is 0 Å². The number of ether oxygens (including phenoxy) is 1. The van der Waals surface area contributed by atoms with Crippen LogP contribution in [0.15, 0.2) is 54.6 Å². The van der Waals surface area contributed by atoms with E-state index in [4.69, 9.17) is 4.74 Å². The van der Waals surface area contributed by atoms with Crippen molar-refractivity contribution in [3.8, 4) is 0 Å². The lowest BCUT2D eigenvalue weighted by Crippen LogP contribution is -2.29. The Morgan fingerprint density at radius 1 is 1.15 bits per heavy atom. The molecule has 4 heteroatoms. The maximum absolute atomic E-state index is 12.1. The van der Waals surface area contributed by atoms with E-state index in [0.717, 1.165) is 9.13 Å². The van der Waals surface area contributed by atoms with Crippen molar-refractivity contribution in [2.24, 2.45) is 0 Å². The second kappa shape index (κ2) is 7.40. The van der Waals surface area contributed by atoms with Crippen LogP contribution >= 0.6 is 22.6 Å². The number of benzene rings is 2. The van der Waals surface area contributed by atoms with E-state index in [1.165, 1.54) is 0 Å². The number of amides is 1. The number of rotatable bonds is 5. The van der Waals surface area contributed by atoms with Gasteiger partial charge < -0.3 is 10.1 Å². The molecule has 2 rings (SSSR count). The van der Waals surface area contributed by atoms with E-state index in [1.807, 2.05) is 54.6 Å². The lowest BCUT2D eigenvalue weighted by molar-refractivity contribution is 0.0827. The minimum Gasteiger partial charge on any atom is -0.375 e. The number of methoxy groups -OCH3 is 1. The van der Waals surface area contributed by atoms with Crippen molar-refractivity contribution in [2.75, 3.05) is 13.7 Å². The van der Waals surface area contributed by atoms with Gasteiger partial charge in [0.2, 0.25) is 0 Å². The van der Waals surface area contributed by atoms with Crippen molar-refractivity contribution < 1.29 is 9.53 Å². The highest BCUT2D eigenvalue weighted by Gasteiger charge is 2.13. The van der Waals surface area contributed by atoms with Gasteiger partial charge in [-0.05, 0) is 40.3 Å². The Bertz CT molecular complexity index is 572. The van der Waals surface area contributed by atoms with E-state index in [1.54, 1.807) is 7.11 Å². The summed E-state index contributed by atoms with van der Waals surface area (Å²) < 4.78 is 6.38. The lowest BCUT2D eigenvalue weighted by atomic mass is 10.1. The molecule has 0 aliphatic heterocycles. The molecule has 1 atom stereocenters. The van der Waals surface area contributed by atoms with Crippen LogP contribution in [-0.2, 0) is 4.74 Å². The molecule has 0 spiro atoms. The molecule has 3 nitrogen and oxygen atoms in total. The Kier molecular flexibility index (Phi) is 5.55. The van der Waals surface area contributed by atoms with Crippen molar-refractivity contribution in [3.63, 3.8) is 0 Å². The molecule has 0 bridgehead atoms. The van der Waals surface area contributed by atoms with Gasteiger partial charge in [0.15, 0.2) is 0 Å². The molecular formula is C16H16INO2. The Labute approximate surface area is 132 Å². The monoisotopic (exact) mass is 381 g/mol. The van der Waals surface area contributed by atoms with Gasteiger partial charge >= 0.3 is 0 Å². The minimum atomic E-state index is -0.137. The predicted molar refractivity (Wildman–Crippen MR) is 87.7 cm³/mol. The second-order valence-electron chi connectivity index (χ2n) is 4.32. The summed E-state index contributed by atoms with van der Waals surface area (Å²) in [6.07, 6.45) is -0.137. The summed E-state index contributed by atoms with van der Waals surface area (Å²) in [5.41, 5.74) is 1.74. The number of carbonyl (C=O) groups is 1. The Balaban J connectivity index is 2.01. The van der Waals surface area contributed by atoms with Crippen LogP contribution in [0.4, 0.5) is 0 Å². The summed E-state index contributed by atoms with van der Waals surface area (Å²) in [5.74, 6) is -0.0759. The third-order valence-corrected chi connectivity index (χ3v) is 3.96. The van der Waals surface area contributed by atoms with Crippen molar-refractivity contribution >= 4 is 28.5 Å². The Hall–Kier alpha value is -1.40. The van der Waals surface area contributed by atoms with E-state index < -0.39 is 0 Å². The van der Waals surface area contributed by atoms with Crippen LogP contribution in [-0.4, -0.2) is 19.6 Å². The van der Waals surface area contributed by atoms with Crippen molar-refractivity contribution in [1.29, 1.82) is 0 Å². The smallest absolute Gasteiger partial charge is 0.252 e. The first-order valence-corrected chi connectivity index (χ1v) is 7.40. The summed E-state index contributed by atoms with van der Waals surface area (Å²) in [7, 11) is 1.65. The van der Waals surface area contributed by atoms with E-state index in [9.17, 15) is 4.79 Å². The fourth-order valence-electron chi connectivity index (χ4n) is 1.93. The molecule has 1 amide bonds. The molecule has 0 heterocycles. The van der Waals surface area contributed by atoms with Crippen LogP contribution in [0.5, 0.6) is 0 Å².